The van der Waals surface area contributed by atoms with Gasteiger partial charge in [0.05, 0.1) is 0 Å². The van der Waals surface area contributed by atoms with Crippen molar-refractivity contribution >= 4 is 0 Å². The number of hydrogen-bond acceptors (Lipinski definition) is 2. The van der Waals surface area contributed by atoms with Crippen LogP contribution in [0.1, 0.15) is 63.5 Å². The molecule has 1 aromatic carbocycles. The lowest BCUT2D eigenvalue weighted by atomic mass is 10.0. The molecule has 1 aromatic rings. The van der Waals surface area contributed by atoms with Gasteiger partial charge in [-0.05, 0) is 37.8 Å². The molecule has 19 heavy (non-hydrogen) atoms. The van der Waals surface area contributed by atoms with Gasteiger partial charge < -0.3 is 10.4 Å². The first-order valence-corrected chi connectivity index (χ1v) is 7.77. The molecule has 0 aliphatic rings. The molecule has 0 amide bonds. The average Bonchev–Trinajstić information content (AvgIpc) is 2.46. The van der Waals surface area contributed by atoms with Crippen molar-refractivity contribution in [1.29, 1.82) is 0 Å². The highest BCUT2D eigenvalue weighted by molar-refractivity contribution is 5.18. The molecular weight excluding hydrogens is 234 g/mol. The summed E-state index contributed by atoms with van der Waals surface area (Å²) in [4.78, 5) is 0. The molecule has 108 valence electrons. The third kappa shape index (κ3) is 7.34. The zero-order valence-electron chi connectivity index (χ0n) is 12.3. The molecule has 2 N–H and O–H groups in total. The predicted molar refractivity (Wildman–Crippen MR) is 82.3 cm³/mol. The second-order valence-corrected chi connectivity index (χ2v) is 5.20. The molecular formula is C17H29NO. The molecule has 0 fully saturated rings. The van der Waals surface area contributed by atoms with Gasteiger partial charge in [0.1, 0.15) is 0 Å². The van der Waals surface area contributed by atoms with Gasteiger partial charge in [-0.3, -0.25) is 0 Å². The lowest BCUT2D eigenvalue weighted by Gasteiger charge is -2.19. The van der Waals surface area contributed by atoms with E-state index in [0.29, 0.717) is 12.6 Å². The Kier molecular flexibility index (Phi) is 9.38. The number of aliphatic hydroxyl groups is 1. The molecule has 1 unspecified atom stereocenters. The van der Waals surface area contributed by atoms with Crippen LogP contribution in [-0.2, 0) is 0 Å². The Balaban J connectivity index is 2.36. The fourth-order valence-electron chi connectivity index (χ4n) is 2.36. The summed E-state index contributed by atoms with van der Waals surface area (Å²) in [7, 11) is 0. The van der Waals surface area contributed by atoms with E-state index in [2.05, 4.69) is 42.6 Å². The molecule has 0 radical (unpaired) electrons. The van der Waals surface area contributed by atoms with E-state index in [1.807, 2.05) is 0 Å². The minimum Gasteiger partial charge on any atom is -0.396 e. The van der Waals surface area contributed by atoms with Gasteiger partial charge in [-0.2, -0.15) is 0 Å². The summed E-state index contributed by atoms with van der Waals surface area (Å²) in [6.07, 6.45) is 8.29. The molecule has 1 atom stereocenters. The van der Waals surface area contributed by atoms with Gasteiger partial charge in [-0.15, -0.1) is 0 Å². The van der Waals surface area contributed by atoms with E-state index in [-0.39, 0.29) is 0 Å². The van der Waals surface area contributed by atoms with Crippen molar-refractivity contribution in [2.75, 3.05) is 13.2 Å². The Morgan fingerprint density at radius 3 is 2.47 bits per heavy atom. The van der Waals surface area contributed by atoms with Crippen molar-refractivity contribution in [3.05, 3.63) is 35.9 Å². The van der Waals surface area contributed by atoms with E-state index in [9.17, 15) is 0 Å². The van der Waals surface area contributed by atoms with Gasteiger partial charge in [0.25, 0.3) is 0 Å². The van der Waals surface area contributed by atoms with Crippen LogP contribution in [0.15, 0.2) is 30.3 Å². The van der Waals surface area contributed by atoms with E-state index in [1.165, 1.54) is 31.2 Å². The van der Waals surface area contributed by atoms with Gasteiger partial charge in [-0.1, -0.05) is 56.5 Å². The molecule has 2 nitrogen and oxygen atoms in total. The van der Waals surface area contributed by atoms with Crippen LogP contribution in [0.5, 0.6) is 0 Å². The summed E-state index contributed by atoms with van der Waals surface area (Å²) in [5, 5.41) is 12.4. The van der Waals surface area contributed by atoms with Crippen molar-refractivity contribution in [3.8, 4) is 0 Å². The molecule has 0 bridgehead atoms. The van der Waals surface area contributed by atoms with Crippen molar-refractivity contribution in [2.24, 2.45) is 0 Å². The van der Waals surface area contributed by atoms with E-state index in [0.717, 1.165) is 25.8 Å². The van der Waals surface area contributed by atoms with Gasteiger partial charge in [-0.25, -0.2) is 0 Å². The van der Waals surface area contributed by atoms with Crippen LogP contribution in [0.3, 0.4) is 0 Å². The van der Waals surface area contributed by atoms with Gasteiger partial charge >= 0.3 is 0 Å². The monoisotopic (exact) mass is 263 g/mol. The smallest absolute Gasteiger partial charge is 0.0431 e. The first kappa shape index (κ1) is 16.2. The Morgan fingerprint density at radius 2 is 1.79 bits per heavy atom. The molecule has 0 aliphatic heterocycles. The van der Waals surface area contributed by atoms with Gasteiger partial charge in [0, 0.05) is 12.6 Å². The first-order valence-electron chi connectivity index (χ1n) is 7.77. The van der Waals surface area contributed by atoms with Gasteiger partial charge in [0.15, 0.2) is 0 Å². The number of benzene rings is 1. The maximum Gasteiger partial charge on any atom is 0.0431 e. The summed E-state index contributed by atoms with van der Waals surface area (Å²) < 4.78 is 0. The number of unbranched alkanes of at least 4 members (excludes halogenated alkanes) is 4. The number of nitrogens with one attached hydrogen (secondary N) is 1. The van der Waals surface area contributed by atoms with Crippen LogP contribution in [0.2, 0.25) is 0 Å². The third-order valence-corrected chi connectivity index (χ3v) is 3.52. The van der Waals surface area contributed by atoms with E-state index in [1.54, 1.807) is 0 Å². The van der Waals surface area contributed by atoms with Gasteiger partial charge in [0.2, 0.25) is 0 Å². The molecule has 0 heterocycles. The zero-order valence-corrected chi connectivity index (χ0v) is 12.3. The molecule has 2 heteroatoms. The lowest BCUT2D eigenvalue weighted by molar-refractivity contribution is 0.282. The van der Waals surface area contributed by atoms with Crippen LogP contribution in [0.4, 0.5) is 0 Å². The Labute approximate surface area is 118 Å². The van der Waals surface area contributed by atoms with Crippen molar-refractivity contribution < 1.29 is 5.11 Å². The van der Waals surface area contributed by atoms with Crippen LogP contribution in [0, 0.1) is 0 Å². The first-order chi connectivity index (χ1) is 9.38. The van der Waals surface area contributed by atoms with Crippen LogP contribution < -0.4 is 5.32 Å². The number of rotatable bonds is 11. The fourth-order valence-corrected chi connectivity index (χ4v) is 2.36. The van der Waals surface area contributed by atoms with Crippen molar-refractivity contribution in [1.82, 2.24) is 5.32 Å². The second-order valence-electron chi connectivity index (χ2n) is 5.20. The summed E-state index contributed by atoms with van der Waals surface area (Å²) in [5.74, 6) is 0. The topological polar surface area (TPSA) is 32.3 Å². The maximum atomic E-state index is 8.78. The van der Waals surface area contributed by atoms with Crippen molar-refractivity contribution in [3.63, 3.8) is 0 Å². The van der Waals surface area contributed by atoms with Crippen LogP contribution in [-0.4, -0.2) is 18.3 Å². The molecule has 0 saturated carbocycles. The number of aliphatic hydroxyl groups excluding tert-OH is 1. The Hall–Kier alpha value is -0.860. The fraction of sp³-hybridized carbons (Fsp3) is 0.647. The van der Waals surface area contributed by atoms with Crippen molar-refractivity contribution in [2.45, 2.75) is 57.9 Å². The Bertz CT molecular complexity index is 299. The minimum absolute atomic E-state index is 0.318. The predicted octanol–water partition coefficient (Wildman–Crippen LogP) is 4.06. The summed E-state index contributed by atoms with van der Waals surface area (Å²) in [6, 6.07) is 11.2. The van der Waals surface area contributed by atoms with Crippen LogP contribution in [0.25, 0.3) is 0 Å². The summed E-state index contributed by atoms with van der Waals surface area (Å²) >= 11 is 0. The number of hydrogen-bond donors (Lipinski definition) is 2. The minimum atomic E-state index is 0.318. The highest BCUT2D eigenvalue weighted by atomic mass is 16.2. The SMILES string of the molecule is CCCCCC(NCCCCCO)c1ccccc1. The quantitative estimate of drug-likeness (QED) is 0.590. The highest BCUT2D eigenvalue weighted by Gasteiger charge is 2.09. The molecule has 0 saturated heterocycles. The van der Waals surface area contributed by atoms with Crippen LogP contribution >= 0.6 is 0 Å². The molecule has 0 aliphatic carbocycles. The average molecular weight is 263 g/mol. The zero-order chi connectivity index (χ0) is 13.8. The lowest BCUT2D eigenvalue weighted by Crippen LogP contribution is -2.22. The molecule has 0 aromatic heterocycles. The second kappa shape index (κ2) is 11.0. The highest BCUT2D eigenvalue weighted by Crippen LogP contribution is 2.19. The normalized spacial score (nSPS) is 12.5. The van der Waals surface area contributed by atoms with E-state index < -0.39 is 0 Å². The summed E-state index contributed by atoms with van der Waals surface area (Å²) in [6.45, 7) is 3.62. The molecule has 1 rings (SSSR count). The largest absolute Gasteiger partial charge is 0.396 e. The van der Waals surface area contributed by atoms with E-state index >= 15 is 0 Å². The summed E-state index contributed by atoms with van der Waals surface area (Å²) in [5.41, 5.74) is 1.40. The third-order valence-electron chi connectivity index (χ3n) is 3.52. The Morgan fingerprint density at radius 1 is 1.00 bits per heavy atom. The van der Waals surface area contributed by atoms with E-state index in [4.69, 9.17) is 5.11 Å². The standard InChI is InChI=1S/C17H29NO/c1-2-3-6-13-17(16-11-7-4-8-12-16)18-14-9-5-10-15-19/h4,7-8,11-12,17-19H,2-3,5-6,9-10,13-15H2,1H3. The maximum absolute atomic E-state index is 8.78. The molecule has 0 spiro atoms.